The fourth-order valence-electron chi connectivity index (χ4n) is 2.69. The first kappa shape index (κ1) is 12.4. The third-order valence-electron chi connectivity index (χ3n) is 3.26. The fraction of sp³-hybridized carbons (Fsp3) is 0.900. The highest BCUT2D eigenvalue weighted by molar-refractivity contribution is 5.73. The summed E-state index contributed by atoms with van der Waals surface area (Å²) in [5, 5.41) is 22.0. The van der Waals surface area contributed by atoms with Crippen LogP contribution in [0.3, 0.4) is 0 Å². The van der Waals surface area contributed by atoms with Crippen LogP contribution < -0.4 is 5.73 Å². The second kappa shape index (κ2) is 3.43. The molecular formula is C10H19N2O3. The molecule has 0 aromatic heterocycles. The molecule has 0 spiro atoms. The van der Waals surface area contributed by atoms with Crippen molar-refractivity contribution in [1.29, 1.82) is 0 Å². The number of rotatable bonds is 1. The normalized spacial score (nSPS) is 35.1. The maximum Gasteiger partial charge on any atom is 0.310 e. The summed E-state index contributed by atoms with van der Waals surface area (Å²) in [6, 6.07) is -0.474. The predicted octanol–water partition coefficient (Wildman–Crippen LogP) is 0.623. The van der Waals surface area contributed by atoms with Crippen molar-refractivity contribution >= 4 is 5.97 Å². The van der Waals surface area contributed by atoms with Crippen molar-refractivity contribution in [2.75, 3.05) is 0 Å². The number of hydroxylamine groups is 2. The molecule has 87 valence electrons. The van der Waals surface area contributed by atoms with Crippen LogP contribution in [0, 0.1) is 5.92 Å². The van der Waals surface area contributed by atoms with Crippen molar-refractivity contribution in [1.82, 2.24) is 5.06 Å². The van der Waals surface area contributed by atoms with Gasteiger partial charge in [-0.15, -0.1) is 10.3 Å². The maximum absolute atomic E-state index is 12.0. The summed E-state index contributed by atoms with van der Waals surface area (Å²) in [6.07, 6.45) is 0.400. The molecule has 0 bridgehead atoms. The lowest BCUT2D eigenvalue weighted by Crippen LogP contribution is -2.68. The molecule has 0 aliphatic carbocycles. The van der Waals surface area contributed by atoms with Gasteiger partial charge in [0.25, 0.3) is 0 Å². The minimum atomic E-state index is -0.996. The largest absolute Gasteiger partial charge is 0.481 e. The monoisotopic (exact) mass is 215 g/mol. The van der Waals surface area contributed by atoms with E-state index >= 15 is 0 Å². The van der Waals surface area contributed by atoms with Gasteiger partial charge in [0.15, 0.2) is 0 Å². The highest BCUT2D eigenvalue weighted by atomic mass is 16.5. The van der Waals surface area contributed by atoms with Crippen molar-refractivity contribution in [3.05, 3.63) is 0 Å². The zero-order valence-corrected chi connectivity index (χ0v) is 9.65. The highest BCUT2D eigenvalue weighted by Gasteiger charge is 2.54. The zero-order valence-electron chi connectivity index (χ0n) is 9.65. The summed E-state index contributed by atoms with van der Waals surface area (Å²) in [4.78, 5) is 11.1. The molecule has 1 aliphatic rings. The topological polar surface area (TPSA) is 86.5 Å². The molecule has 2 atom stereocenters. The van der Waals surface area contributed by atoms with E-state index in [2.05, 4.69) is 0 Å². The number of carbonyl (C=O) groups is 1. The fourth-order valence-corrected chi connectivity index (χ4v) is 2.69. The lowest BCUT2D eigenvalue weighted by molar-refractivity contribution is -0.302. The molecule has 2 unspecified atom stereocenters. The third kappa shape index (κ3) is 1.87. The van der Waals surface area contributed by atoms with Crippen LogP contribution in [0.4, 0.5) is 0 Å². The Hall–Kier alpha value is -0.650. The van der Waals surface area contributed by atoms with Gasteiger partial charge >= 0.3 is 5.97 Å². The Balaban J connectivity index is 3.10. The number of nitrogens with two attached hydrogens (primary N) is 1. The van der Waals surface area contributed by atoms with E-state index < -0.39 is 29.0 Å². The Morgan fingerprint density at radius 2 is 1.87 bits per heavy atom. The third-order valence-corrected chi connectivity index (χ3v) is 3.26. The van der Waals surface area contributed by atoms with Crippen LogP contribution in [0.5, 0.6) is 0 Å². The van der Waals surface area contributed by atoms with Crippen LogP contribution in [0.2, 0.25) is 0 Å². The summed E-state index contributed by atoms with van der Waals surface area (Å²) < 4.78 is 0. The number of nitrogens with zero attached hydrogens (tertiary/aromatic N) is 1. The average molecular weight is 215 g/mol. The molecule has 1 radical (unpaired) electrons. The Morgan fingerprint density at radius 3 is 2.27 bits per heavy atom. The Kier molecular flexibility index (Phi) is 2.84. The lowest BCUT2D eigenvalue weighted by Gasteiger charge is -2.52. The standard InChI is InChI=1S/C10H19N2O3/c1-9(2)5-6(11)7(8(13)14)10(3,4)12(9)15/h6-7H,5,11H2,1-4H3,(H,13,14). The molecule has 5 nitrogen and oxygen atoms in total. The van der Waals surface area contributed by atoms with Crippen molar-refractivity contribution in [2.24, 2.45) is 11.7 Å². The van der Waals surface area contributed by atoms with Gasteiger partial charge in [-0.25, -0.2) is 0 Å². The van der Waals surface area contributed by atoms with Gasteiger partial charge in [-0.05, 0) is 34.1 Å². The lowest BCUT2D eigenvalue weighted by atomic mass is 9.71. The molecule has 1 heterocycles. The molecule has 1 saturated heterocycles. The molecule has 15 heavy (non-hydrogen) atoms. The summed E-state index contributed by atoms with van der Waals surface area (Å²) >= 11 is 0. The first-order valence-corrected chi connectivity index (χ1v) is 5.06. The van der Waals surface area contributed by atoms with E-state index in [9.17, 15) is 10.0 Å². The van der Waals surface area contributed by atoms with E-state index in [1.165, 1.54) is 0 Å². The first-order valence-electron chi connectivity index (χ1n) is 5.06. The molecule has 1 fully saturated rings. The number of hydrogen-bond donors (Lipinski definition) is 2. The van der Waals surface area contributed by atoms with Crippen LogP contribution in [0.1, 0.15) is 34.1 Å². The number of carboxylic acids is 1. The summed E-state index contributed by atoms with van der Waals surface area (Å²) in [5.41, 5.74) is 4.28. The second-order valence-electron chi connectivity index (χ2n) is 5.44. The Bertz CT molecular complexity index is 276. The van der Waals surface area contributed by atoms with Crippen molar-refractivity contribution in [2.45, 2.75) is 51.2 Å². The van der Waals surface area contributed by atoms with Crippen molar-refractivity contribution in [3.63, 3.8) is 0 Å². The van der Waals surface area contributed by atoms with E-state index in [4.69, 9.17) is 10.8 Å². The van der Waals surface area contributed by atoms with E-state index in [1.807, 2.05) is 0 Å². The second-order valence-corrected chi connectivity index (χ2v) is 5.44. The van der Waals surface area contributed by atoms with Gasteiger partial charge in [0.1, 0.15) is 0 Å². The van der Waals surface area contributed by atoms with Crippen molar-refractivity contribution in [3.8, 4) is 0 Å². The molecule has 0 aromatic carbocycles. The number of piperidine rings is 1. The van der Waals surface area contributed by atoms with Gasteiger partial charge in [0.2, 0.25) is 0 Å². The number of carboxylic acid groups (broad SMARTS) is 1. The van der Waals surface area contributed by atoms with E-state index in [0.29, 0.717) is 6.42 Å². The van der Waals surface area contributed by atoms with E-state index in [-0.39, 0.29) is 0 Å². The van der Waals surface area contributed by atoms with Gasteiger partial charge in [-0.1, -0.05) is 0 Å². The Morgan fingerprint density at radius 1 is 1.40 bits per heavy atom. The molecule has 3 N–H and O–H groups in total. The summed E-state index contributed by atoms with van der Waals surface area (Å²) in [7, 11) is 0. The number of aliphatic carboxylic acids is 1. The molecule has 0 saturated carbocycles. The minimum Gasteiger partial charge on any atom is -0.481 e. The smallest absolute Gasteiger partial charge is 0.310 e. The van der Waals surface area contributed by atoms with Crippen LogP contribution in [-0.2, 0) is 10.0 Å². The molecule has 1 rings (SSSR count). The first-order chi connectivity index (χ1) is 6.60. The van der Waals surface area contributed by atoms with Gasteiger partial charge in [-0.2, -0.15) is 0 Å². The van der Waals surface area contributed by atoms with Crippen LogP contribution in [0.25, 0.3) is 0 Å². The zero-order chi connectivity index (χ0) is 12.0. The van der Waals surface area contributed by atoms with Gasteiger partial charge in [0, 0.05) is 11.6 Å². The average Bonchev–Trinajstić information content (AvgIpc) is 1.98. The summed E-state index contributed by atoms with van der Waals surface area (Å²) in [6.45, 7) is 6.86. The van der Waals surface area contributed by atoms with Crippen LogP contribution >= 0.6 is 0 Å². The maximum atomic E-state index is 12.0. The predicted molar refractivity (Wildman–Crippen MR) is 54.4 cm³/mol. The van der Waals surface area contributed by atoms with Gasteiger partial charge in [-0.3, -0.25) is 4.79 Å². The van der Waals surface area contributed by atoms with Crippen LogP contribution in [0.15, 0.2) is 0 Å². The van der Waals surface area contributed by atoms with Crippen LogP contribution in [-0.4, -0.2) is 33.3 Å². The highest BCUT2D eigenvalue weighted by Crippen LogP contribution is 2.40. The van der Waals surface area contributed by atoms with E-state index in [0.717, 1.165) is 5.06 Å². The van der Waals surface area contributed by atoms with Gasteiger partial charge in [0.05, 0.1) is 11.5 Å². The Labute approximate surface area is 89.8 Å². The molecule has 5 heteroatoms. The minimum absolute atomic E-state index is 0.400. The number of hydrogen-bond acceptors (Lipinski definition) is 3. The molecule has 0 amide bonds. The van der Waals surface area contributed by atoms with Gasteiger partial charge < -0.3 is 10.8 Å². The van der Waals surface area contributed by atoms with E-state index in [1.54, 1.807) is 27.7 Å². The SMILES string of the molecule is CC1(C)CC(N)C(C(=O)O)C(C)(C)N1[O]. The molecule has 1 aliphatic heterocycles. The molecular weight excluding hydrogens is 196 g/mol. The summed E-state index contributed by atoms with van der Waals surface area (Å²) in [5.74, 6) is -1.81. The van der Waals surface area contributed by atoms with Crippen molar-refractivity contribution < 1.29 is 15.1 Å². The quantitative estimate of drug-likeness (QED) is 0.671. The molecule has 0 aromatic rings.